The van der Waals surface area contributed by atoms with Crippen molar-refractivity contribution in [1.29, 1.82) is 0 Å². The van der Waals surface area contributed by atoms with E-state index in [1.165, 1.54) is 5.38 Å². The molecule has 3 nitrogen and oxygen atoms in total. The van der Waals surface area contributed by atoms with Gasteiger partial charge in [0.1, 0.15) is 0 Å². The normalized spacial score (nSPS) is 9.76. The van der Waals surface area contributed by atoms with Gasteiger partial charge in [-0.2, -0.15) is 4.37 Å². The summed E-state index contributed by atoms with van der Waals surface area (Å²) in [5.41, 5.74) is 1.27. The van der Waals surface area contributed by atoms with Gasteiger partial charge in [-0.3, -0.25) is 0 Å². The third-order valence-corrected chi connectivity index (χ3v) is 3.06. The van der Waals surface area contributed by atoms with Crippen molar-refractivity contribution in [2.24, 2.45) is 0 Å². The smallest absolute Gasteiger partial charge is 0.338 e. The lowest BCUT2D eigenvalue weighted by Crippen LogP contribution is -1.96. The molecule has 0 aliphatic rings. The van der Waals surface area contributed by atoms with Gasteiger partial charge in [-0.15, -0.1) is 25.0 Å². The Bertz CT molecular complexity index is 537. The number of halogens is 2. The molecule has 1 aromatic carbocycles. The summed E-state index contributed by atoms with van der Waals surface area (Å²) in [5.74, 6) is -0.996. The number of rotatable bonds is 2. The fourth-order valence-corrected chi connectivity index (χ4v) is 2.58. The lowest BCUT2D eigenvalue weighted by Gasteiger charge is -2.01. The van der Waals surface area contributed by atoms with Gasteiger partial charge in [0.05, 0.1) is 11.3 Å². The first-order valence-electron chi connectivity index (χ1n) is 4.25. The number of benzene rings is 1. The van der Waals surface area contributed by atoms with Crippen molar-refractivity contribution < 1.29 is 9.90 Å². The van der Waals surface area contributed by atoms with E-state index in [0.717, 1.165) is 11.5 Å². The topological polar surface area (TPSA) is 50.2 Å². The summed E-state index contributed by atoms with van der Waals surface area (Å²) in [7, 11) is 0. The number of carboxylic acid groups (broad SMARTS) is 1. The Kier molecular flexibility index (Phi) is 4.82. The van der Waals surface area contributed by atoms with Crippen LogP contribution in [0, 0.1) is 0 Å². The van der Waals surface area contributed by atoms with Gasteiger partial charge in [0.15, 0.2) is 0 Å². The molecular weight excluding hydrogens is 301 g/mol. The summed E-state index contributed by atoms with van der Waals surface area (Å²) in [4.78, 5) is 11.6. The summed E-state index contributed by atoms with van der Waals surface area (Å²) in [6.07, 6.45) is 0. The Labute approximate surface area is 118 Å². The second-order valence-corrected chi connectivity index (χ2v) is 4.66. The van der Waals surface area contributed by atoms with Crippen LogP contribution in [0.15, 0.2) is 28.5 Å². The molecular formula is C10H7Cl2NO2S2. The fourth-order valence-electron chi connectivity index (χ4n) is 1.31. The van der Waals surface area contributed by atoms with E-state index < -0.39 is 5.97 Å². The Morgan fingerprint density at radius 3 is 2.71 bits per heavy atom. The highest BCUT2D eigenvalue weighted by Crippen LogP contribution is 2.29. The minimum absolute atomic E-state index is 0. The number of carboxylic acids is 1. The van der Waals surface area contributed by atoms with E-state index >= 15 is 0 Å². The Morgan fingerprint density at radius 2 is 2.12 bits per heavy atom. The Balaban J connectivity index is 0.00000144. The molecule has 2 aromatic rings. The SMILES string of the molecule is Cl.O=C(O)c1csnc1-c1cc(S)cc(Cl)c1. The lowest BCUT2D eigenvalue weighted by atomic mass is 10.1. The molecule has 1 N–H and O–H groups in total. The van der Waals surface area contributed by atoms with Crippen molar-refractivity contribution in [1.82, 2.24) is 4.37 Å². The molecule has 0 saturated heterocycles. The van der Waals surface area contributed by atoms with E-state index in [9.17, 15) is 4.79 Å². The van der Waals surface area contributed by atoms with Crippen molar-refractivity contribution in [3.63, 3.8) is 0 Å². The van der Waals surface area contributed by atoms with Crippen LogP contribution in [0.4, 0.5) is 0 Å². The molecule has 0 saturated carbocycles. The number of aromatic nitrogens is 1. The van der Waals surface area contributed by atoms with Crippen molar-refractivity contribution >= 4 is 54.1 Å². The molecule has 1 aromatic heterocycles. The van der Waals surface area contributed by atoms with Gasteiger partial charge in [0.2, 0.25) is 0 Å². The summed E-state index contributed by atoms with van der Waals surface area (Å²) in [6.45, 7) is 0. The number of thiol groups is 1. The van der Waals surface area contributed by atoms with Crippen LogP contribution >= 0.6 is 48.2 Å². The zero-order valence-corrected chi connectivity index (χ0v) is 11.5. The average molecular weight is 308 g/mol. The number of aromatic carboxylic acids is 1. The highest BCUT2D eigenvalue weighted by atomic mass is 35.5. The largest absolute Gasteiger partial charge is 0.478 e. The van der Waals surface area contributed by atoms with Gasteiger partial charge in [-0.25, -0.2) is 4.79 Å². The van der Waals surface area contributed by atoms with Crippen LogP contribution in [0.25, 0.3) is 11.3 Å². The fraction of sp³-hybridized carbons (Fsp3) is 0. The zero-order chi connectivity index (χ0) is 11.7. The maximum Gasteiger partial charge on any atom is 0.338 e. The molecule has 0 spiro atoms. The van der Waals surface area contributed by atoms with Crippen LogP contribution < -0.4 is 0 Å². The maximum absolute atomic E-state index is 10.9. The summed E-state index contributed by atoms with van der Waals surface area (Å²) >= 11 is 11.2. The predicted octanol–water partition coefficient (Wildman–Crippen LogP) is 3.87. The maximum atomic E-state index is 10.9. The Morgan fingerprint density at radius 1 is 1.41 bits per heavy atom. The van der Waals surface area contributed by atoms with Gasteiger partial charge >= 0.3 is 5.97 Å². The highest BCUT2D eigenvalue weighted by Gasteiger charge is 2.15. The first-order valence-corrected chi connectivity index (χ1v) is 5.91. The minimum atomic E-state index is -0.996. The summed E-state index contributed by atoms with van der Waals surface area (Å²) < 4.78 is 4.06. The Hall–Kier alpha value is -0.750. The molecule has 0 aliphatic heterocycles. The van der Waals surface area contributed by atoms with Crippen LogP contribution in [0.3, 0.4) is 0 Å². The first-order chi connectivity index (χ1) is 7.58. The molecule has 17 heavy (non-hydrogen) atoms. The second kappa shape index (κ2) is 5.73. The van der Waals surface area contributed by atoms with Crippen LogP contribution in [0.5, 0.6) is 0 Å². The van der Waals surface area contributed by atoms with Crippen LogP contribution in [0.2, 0.25) is 5.02 Å². The van der Waals surface area contributed by atoms with E-state index in [4.69, 9.17) is 16.7 Å². The number of nitrogens with zero attached hydrogens (tertiary/aromatic N) is 1. The van der Waals surface area contributed by atoms with Gasteiger partial charge in [0.25, 0.3) is 0 Å². The van der Waals surface area contributed by atoms with E-state index in [1.54, 1.807) is 18.2 Å². The minimum Gasteiger partial charge on any atom is -0.478 e. The van der Waals surface area contributed by atoms with Crippen LogP contribution in [-0.4, -0.2) is 15.4 Å². The zero-order valence-electron chi connectivity index (χ0n) is 8.25. The number of hydrogen-bond donors (Lipinski definition) is 2. The van der Waals surface area contributed by atoms with Crippen molar-refractivity contribution in [3.05, 3.63) is 34.2 Å². The van der Waals surface area contributed by atoms with E-state index in [1.807, 2.05) is 0 Å². The molecule has 0 bridgehead atoms. The van der Waals surface area contributed by atoms with Crippen LogP contribution in [0.1, 0.15) is 10.4 Å². The third-order valence-electron chi connectivity index (χ3n) is 1.96. The van der Waals surface area contributed by atoms with Crippen molar-refractivity contribution in [2.75, 3.05) is 0 Å². The van der Waals surface area contributed by atoms with Crippen LogP contribution in [-0.2, 0) is 0 Å². The number of hydrogen-bond acceptors (Lipinski definition) is 4. The monoisotopic (exact) mass is 307 g/mol. The molecule has 0 fully saturated rings. The lowest BCUT2D eigenvalue weighted by molar-refractivity contribution is 0.0698. The van der Waals surface area contributed by atoms with E-state index in [-0.39, 0.29) is 18.0 Å². The van der Waals surface area contributed by atoms with Crippen molar-refractivity contribution in [2.45, 2.75) is 4.90 Å². The molecule has 0 radical (unpaired) electrons. The summed E-state index contributed by atoms with van der Waals surface area (Å²) in [5, 5.41) is 11.0. The van der Waals surface area contributed by atoms with Gasteiger partial charge in [-0.05, 0) is 29.7 Å². The van der Waals surface area contributed by atoms with E-state index in [0.29, 0.717) is 21.2 Å². The first kappa shape index (κ1) is 14.3. The molecule has 7 heteroatoms. The quantitative estimate of drug-likeness (QED) is 0.828. The average Bonchev–Trinajstić information content (AvgIpc) is 2.63. The molecule has 0 atom stereocenters. The van der Waals surface area contributed by atoms with Gasteiger partial charge < -0.3 is 5.11 Å². The standard InChI is InChI=1S/C10H6ClNO2S2.ClH/c11-6-1-5(2-7(15)3-6)9-8(10(13)14)4-16-12-9;/h1-4,15H,(H,13,14);1H. The molecule has 1 heterocycles. The number of carbonyl (C=O) groups is 1. The van der Waals surface area contributed by atoms with E-state index in [2.05, 4.69) is 17.0 Å². The van der Waals surface area contributed by atoms with Gasteiger partial charge in [0, 0.05) is 20.9 Å². The summed E-state index contributed by atoms with van der Waals surface area (Å²) in [6, 6.07) is 5.08. The molecule has 90 valence electrons. The third kappa shape index (κ3) is 3.13. The highest BCUT2D eigenvalue weighted by molar-refractivity contribution is 7.80. The second-order valence-electron chi connectivity index (χ2n) is 3.08. The molecule has 2 rings (SSSR count). The van der Waals surface area contributed by atoms with Crippen molar-refractivity contribution in [3.8, 4) is 11.3 Å². The predicted molar refractivity (Wildman–Crippen MR) is 74.0 cm³/mol. The molecule has 0 unspecified atom stereocenters. The molecule has 0 aliphatic carbocycles. The molecule has 0 amide bonds. The van der Waals surface area contributed by atoms with Gasteiger partial charge in [-0.1, -0.05) is 11.6 Å².